The zero-order valence-electron chi connectivity index (χ0n) is 18.0. The number of hydrogen-bond donors (Lipinski definition) is 1. The third kappa shape index (κ3) is 6.30. The van der Waals surface area contributed by atoms with Gasteiger partial charge in [0.15, 0.2) is 10.2 Å². The summed E-state index contributed by atoms with van der Waals surface area (Å²) < 4.78 is 21.8. The second-order valence-electron chi connectivity index (χ2n) is 8.44. The number of amides is 1. The van der Waals surface area contributed by atoms with Crippen molar-refractivity contribution in [1.29, 1.82) is 0 Å². The summed E-state index contributed by atoms with van der Waals surface area (Å²) in [6.45, 7) is 9.55. The number of fused-ring (bicyclic) bond motifs is 1. The summed E-state index contributed by atoms with van der Waals surface area (Å²) in [5.41, 5.74) is -0.171. The third-order valence-corrected chi connectivity index (χ3v) is 6.52. The number of aromatic nitrogens is 4. The Hall–Kier alpha value is -1.91. The number of ether oxygens (including phenoxy) is 1. The molecule has 0 fully saturated rings. The van der Waals surface area contributed by atoms with Crippen LogP contribution in [0.2, 0.25) is 5.02 Å². The normalized spacial score (nSPS) is 13.0. The molecule has 1 amide bonds. The second-order valence-corrected chi connectivity index (χ2v) is 11.0. The zero-order chi connectivity index (χ0) is 22.8. The Morgan fingerprint density at radius 1 is 1.35 bits per heavy atom. The number of thioether (sulfide) groups is 1. The van der Waals surface area contributed by atoms with Crippen molar-refractivity contribution in [2.45, 2.75) is 62.8 Å². The van der Waals surface area contributed by atoms with Crippen molar-refractivity contribution in [3.05, 3.63) is 40.4 Å². The van der Waals surface area contributed by atoms with Gasteiger partial charge in [0.2, 0.25) is 4.96 Å². The SMILES string of the molecule is CC(C)CC(NC(=O)OC(C)(C)C)c1nnc2sc(SCc3c(F)cccc3Cl)nn12. The van der Waals surface area contributed by atoms with E-state index in [2.05, 4.69) is 34.5 Å². The Labute approximate surface area is 193 Å². The molecule has 0 saturated heterocycles. The number of hydrogen-bond acceptors (Lipinski definition) is 7. The highest BCUT2D eigenvalue weighted by Crippen LogP contribution is 2.32. The van der Waals surface area contributed by atoms with E-state index in [0.29, 0.717) is 43.8 Å². The number of carbonyl (C=O) groups is 1. The summed E-state index contributed by atoms with van der Waals surface area (Å²) >= 11 is 8.83. The molecule has 0 saturated carbocycles. The molecule has 168 valence electrons. The van der Waals surface area contributed by atoms with Crippen LogP contribution in [0.5, 0.6) is 0 Å². The minimum Gasteiger partial charge on any atom is -0.444 e. The highest BCUT2D eigenvalue weighted by molar-refractivity contribution is 8.00. The van der Waals surface area contributed by atoms with Crippen LogP contribution in [-0.4, -0.2) is 31.5 Å². The van der Waals surface area contributed by atoms with Crippen LogP contribution < -0.4 is 5.32 Å². The highest BCUT2D eigenvalue weighted by atomic mass is 35.5. The van der Waals surface area contributed by atoms with Crippen molar-refractivity contribution >= 4 is 45.8 Å². The largest absolute Gasteiger partial charge is 0.444 e. The average molecular weight is 486 g/mol. The molecule has 3 rings (SSSR count). The summed E-state index contributed by atoms with van der Waals surface area (Å²) in [6.07, 6.45) is 0.124. The maximum Gasteiger partial charge on any atom is 0.408 e. The lowest BCUT2D eigenvalue weighted by molar-refractivity contribution is 0.0494. The van der Waals surface area contributed by atoms with Gasteiger partial charge < -0.3 is 10.1 Å². The predicted molar refractivity (Wildman–Crippen MR) is 121 cm³/mol. The molecule has 0 aliphatic rings. The van der Waals surface area contributed by atoms with Gasteiger partial charge in [0.25, 0.3) is 0 Å². The number of halogens is 2. The quantitative estimate of drug-likeness (QED) is 0.420. The number of benzene rings is 1. The van der Waals surface area contributed by atoms with Crippen LogP contribution in [0.1, 0.15) is 58.5 Å². The van der Waals surface area contributed by atoms with Crippen molar-refractivity contribution < 1.29 is 13.9 Å². The third-order valence-electron chi connectivity index (χ3n) is 4.11. The summed E-state index contributed by atoms with van der Waals surface area (Å²) in [5.74, 6) is 0.822. The average Bonchev–Trinajstić information content (AvgIpc) is 3.18. The van der Waals surface area contributed by atoms with Gasteiger partial charge in [-0.05, 0) is 45.2 Å². The molecule has 3 aromatic rings. The molecular weight excluding hydrogens is 461 g/mol. The molecule has 1 atom stereocenters. The highest BCUT2D eigenvalue weighted by Gasteiger charge is 2.26. The molecule has 2 heterocycles. The van der Waals surface area contributed by atoms with E-state index >= 15 is 0 Å². The fourth-order valence-electron chi connectivity index (χ4n) is 2.84. The van der Waals surface area contributed by atoms with Crippen LogP contribution in [0.25, 0.3) is 4.96 Å². The molecular formula is C20H25ClFN5O2S2. The topological polar surface area (TPSA) is 81.4 Å². The number of nitrogens with one attached hydrogen (secondary N) is 1. The number of alkyl carbamates (subject to hydrolysis) is 1. The fraction of sp³-hybridized carbons (Fsp3) is 0.500. The first-order valence-corrected chi connectivity index (χ1v) is 12.0. The molecule has 0 aliphatic carbocycles. The maximum atomic E-state index is 14.0. The molecule has 0 bridgehead atoms. The van der Waals surface area contributed by atoms with E-state index in [1.165, 1.54) is 29.2 Å². The molecule has 31 heavy (non-hydrogen) atoms. The summed E-state index contributed by atoms with van der Waals surface area (Å²) in [4.78, 5) is 12.9. The Morgan fingerprint density at radius 3 is 2.74 bits per heavy atom. The van der Waals surface area contributed by atoms with Crippen molar-refractivity contribution in [1.82, 2.24) is 25.1 Å². The molecule has 0 radical (unpaired) electrons. The first-order chi connectivity index (χ1) is 14.5. The molecule has 1 N–H and O–H groups in total. The molecule has 0 aliphatic heterocycles. The van der Waals surface area contributed by atoms with E-state index in [9.17, 15) is 9.18 Å². The number of carbonyl (C=O) groups excluding carboxylic acids is 1. The van der Waals surface area contributed by atoms with Gasteiger partial charge in [0.1, 0.15) is 11.4 Å². The molecule has 1 unspecified atom stereocenters. The molecule has 7 nitrogen and oxygen atoms in total. The van der Waals surface area contributed by atoms with Crippen LogP contribution >= 0.6 is 34.7 Å². The van der Waals surface area contributed by atoms with Gasteiger partial charge in [0.05, 0.1) is 6.04 Å². The molecule has 1 aromatic carbocycles. The monoisotopic (exact) mass is 485 g/mol. The van der Waals surface area contributed by atoms with Crippen LogP contribution in [0.4, 0.5) is 9.18 Å². The lowest BCUT2D eigenvalue weighted by atomic mass is 10.0. The molecule has 2 aromatic heterocycles. The van der Waals surface area contributed by atoms with Gasteiger partial charge in [-0.15, -0.1) is 15.3 Å². The lowest BCUT2D eigenvalue weighted by Crippen LogP contribution is -2.36. The van der Waals surface area contributed by atoms with Gasteiger partial charge in [-0.25, -0.2) is 9.18 Å². The van der Waals surface area contributed by atoms with Crippen molar-refractivity contribution in [3.63, 3.8) is 0 Å². The van der Waals surface area contributed by atoms with Gasteiger partial charge in [-0.3, -0.25) is 0 Å². The zero-order valence-corrected chi connectivity index (χ0v) is 20.4. The van der Waals surface area contributed by atoms with Gasteiger partial charge in [0, 0.05) is 16.3 Å². The second kappa shape index (κ2) is 9.70. The van der Waals surface area contributed by atoms with E-state index in [-0.39, 0.29) is 5.82 Å². The Kier molecular flexibility index (Phi) is 7.43. The summed E-state index contributed by atoms with van der Waals surface area (Å²) in [7, 11) is 0. The minimum atomic E-state index is -0.606. The van der Waals surface area contributed by atoms with Gasteiger partial charge in [-0.2, -0.15) is 4.52 Å². The van der Waals surface area contributed by atoms with Crippen LogP contribution in [0.3, 0.4) is 0 Å². The Morgan fingerprint density at radius 2 is 2.10 bits per heavy atom. The van der Waals surface area contributed by atoms with E-state index in [1.807, 2.05) is 20.8 Å². The van der Waals surface area contributed by atoms with E-state index < -0.39 is 17.7 Å². The van der Waals surface area contributed by atoms with Crippen molar-refractivity contribution in [3.8, 4) is 0 Å². The number of rotatable bonds is 7. The van der Waals surface area contributed by atoms with E-state index in [4.69, 9.17) is 16.3 Å². The molecule has 11 heteroatoms. The maximum absolute atomic E-state index is 14.0. The molecule has 0 spiro atoms. The van der Waals surface area contributed by atoms with Crippen molar-refractivity contribution in [2.24, 2.45) is 5.92 Å². The Bertz CT molecular complexity index is 1040. The van der Waals surface area contributed by atoms with Crippen LogP contribution in [-0.2, 0) is 10.5 Å². The first kappa shape index (κ1) is 23.7. The smallest absolute Gasteiger partial charge is 0.408 e. The minimum absolute atomic E-state index is 0.294. The van der Waals surface area contributed by atoms with Crippen molar-refractivity contribution in [2.75, 3.05) is 0 Å². The summed E-state index contributed by atoms with van der Waals surface area (Å²) in [6, 6.07) is 4.21. The van der Waals surface area contributed by atoms with Crippen LogP contribution in [0, 0.1) is 11.7 Å². The Balaban J connectivity index is 1.80. The summed E-state index contributed by atoms with van der Waals surface area (Å²) in [5, 5.41) is 16.3. The van der Waals surface area contributed by atoms with Gasteiger partial charge >= 0.3 is 6.09 Å². The first-order valence-electron chi connectivity index (χ1n) is 9.81. The van der Waals surface area contributed by atoms with E-state index in [0.717, 1.165) is 0 Å². The van der Waals surface area contributed by atoms with Gasteiger partial charge in [-0.1, -0.05) is 54.6 Å². The van der Waals surface area contributed by atoms with E-state index in [1.54, 1.807) is 16.6 Å². The van der Waals surface area contributed by atoms with Crippen LogP contribution in [0.15, 0.2) is 22.5 Å². The fourth-order valence-corrected chi connectivity index (χ4v) is 5.07. The standard InChI is InChI=1S/C20H25ClFN5O2S2/c1-11(2)9-15(23-18(28)29-20(3,4)5)16-24-25-17-27(16)26-19(31-17)30-10-12-13(21)7-6-8-14(12)22/h6-8,11,15H,9-10H2,1-5H3,(H,23,28). The predicted octanol–water partition coefficient (Wildman–Crippen LogP) is 5.88. The number of nitrogens with zero attached hydrogens (tertiary/aromatic N) is 4. The lowest BCUT2D eigenvalue weighted by Gasteiger charge is -2.23.